The topological polar surface area (TPSA) is 52.6 Å². The fourth-order valence-corrected chi connectivity index (χ4v) is 2.61. The lowest BCUT2D eigenvalue weighted by Crippen LogP contribution is -2.47. The zero-order valence-electron chi connectivity index (χ0n) is 12.1. The third kappa shape index (κ3) is 5.20. The van der Waals surface area contributed by atoms with E-state index in [2.05, 4.69) is 18.3 Å². The van der Waals surface area contributed by atoms with Gasteiger partial charge in [-0.05, 0) is 32.2 Å². The first-order valence-corrected chi connectivity index (χ1v) is 7.55. The fourth-order valence-electron chi connectivity index (χ4n) is 1.83. The predicted octanol–water partition coefficient (Wildman–Crippen LogP) is 2.65. The summed E-state index contributed by atoms with van der Waals surface area (Å²) in [7, 11) is 0. The molecule has 1 rings (SSSR count). The highest BCUT2D eigenvalue weighted by atomic mass is 32.1. The molecule has 0 saturated carbocycles. The van der Waals surface area contributed by atoms with Crippen LogP contribution in [0.15, 0.2) is 17.5 Å². The lowest BCUT2D eigenvalue weighted by molar-refractivity contribution is 0.119. The molecule has 0 aliphatic rings. The van der Waals surface area contributed by atoms with Gasteiger partial charge in [-0.2, -0.15) is 0 Å². The first-order valence-electron chi connectivity index (χ1n) is 6.67. The third-order valence-electron chi connectivity index (χ3n) is 2.93. The highest BCUT2D eigenvalue weighted by Gasteiger charge is 2.19. The van der Waals surface area contributed by atoms with Crippen LogP contribution in [0.1, 0.15) is 38.5 Å². The molecule has 0 spiro atoms. The van der Waals surface area contributed by atoms with Crippen molar-refractivity contribution in [2.75, 3.05) is 13.1 Å². The van der Waals surface area contributed by atoms with Gasteiger partial charge in [0.15, 0.2) is 0 Å². The zero-order valence-corrected chi connectivity index (χ0v) is 12.9. The number of nitrogens with zero attached hydrogens (tertiary/aromatic N) is 1. The predicted molar refractivity (Wildman–Crippen MR) is 79.7 cm³/mol. The van der Waals surface area contributed by atoms with Gasteiger partial charge in [-0.3, -0.25) is 0 Å². The molecular weight excluding hydrogens is 260 g/mol. The van der Waals surface area contributed by atoms with E-state index in [0.29, 0.717) is 19.0 Å². The van der Waals surface area contributed by atoms with Gasteiger partial charge in [-0.25, -0.2) is 4.79 Å². The van der Waals surface area contributed by atoms with Crippen molar-refractivity contribution < 1.29 is 9.90 Å². The second-order valence-electron chi connectivity index (χ2n) is 5.20. The molecule has 0 bridgehead atoms. The number of carbonyl (C=O) groups excluding carboxylic acids is 1. The first-order chi connectivity index (χ1) is 8.91. The Morgan fingerprint density at radius 3 is 2.58 bits per heavy atom. The van der Waals surface area contributed by atoms with E-state index in [1.807, 2.05) is 25.3 Å². The standard InChI is InChI=1S/C14H24N2O2S/c1-10(2)16(9-12(4)17)14(18)15-8-11(3)13-6-5-7-19-13/h5-7,10-12,17H,8-9H2,1-4H3,(H,15,18). The van der Waals surface area contributed by atoms with Gasteiger partial charge >= 0.3 is 6.03 Å². The molecule has 2 amide bonds. The Morgan fingerprint density at radius 2 is 2.11 bits per heavy atom. The molecule has 2 N–H and O–H groups in total. The van der Waals surface area contributed by atoms with Crippen molar-refractivity contribution in [3.8, 4) is 0 Å². The Labute approximate surface area is 119 Å². The highest BCUT2D eigenvalue weighted by molar-refractivity contribution is 7.10. The van der Waals surface area contributed by atoms with Crippen molar-refractivity contribution in [1.82, 2.24) is 10.2 Å². The zero-order chi connectivity index (χ0) is 14.4. The fraction of sp³-hybridized carbons (Fsp3) is 0.643. The van der Waals surface area contributed by atoms with Crippen molar-refractivity contribution in [3.05, 3.63) is 22.4 Å². The highest BCUT2D eigenvalue weighted by Crippen LogP contribution is 2.19. The number of rotatable bonds is 6. The summed E-state index contributed by atoms with van der Waals surface area (Å²) >= 11 is 1.70. The minimum absolute atomic E-state index is 0.0756. The van der Waals surface area contributed by atoms with Crippen LogP contribution in [0.2, 0.25) is 0 Å². The van der Waals surface area contributed by atoms with Crippen LogP contribution in [0.4, 0.5) is 4.79 Å². The number of urea groups is 1. The number of aliphatic hydroxyl groups excluding tert-OH is 1. The summed E-state index contributed by atoms with van der Waals surface area (Å²) in [6.07, 6.45) is -0.511. The van der Waals surface area contributed by atoms with Crippen LogP contribution in [-0.4, -0.2) is 41.3 Å². The molecule has 19 heavy (non-hydrogen) atoms. The minimum Gasteiger partial charge on any atom is -0.392 e. The summed E-state index contributed by atoms with van der Waals surface area (Å²) in [5.41, 5.74) is 0. The van der Waals surface area contributed by atoms with E-state index >= 15 is 0 Å². The van der Waals surface area contributed by atoms with Crippen LogP contribution in [0.3, 0.4) is 0 Å². The molecular formula is C14H24N2O2S. The van der Waals surface area contributed by atoms with E-state index < -0.39 is 6.10 Å². The van der Waals surface area contributed by atoms with Gasteiger partial charge in [-0.15, -0.1) is 11.3 Å². The summed E-state index contributed by atoms with van der Waals surface area (Å²) in [5, 5.41) is 14.4. The van der Waals surface area contributed by atoms with Crippen LogP contribution in [-0.2, 0) is 0 Å². The maximum atomic E-state index is 12.1. The Balaban J connectivity index is 2.48. The van der Waals surface area contributed by atoms with Crippen molar-refractivity contribution in [2.24, 2.45) is 0 Å². The molecule has 0 saturated heterocycles. The molecule has 108 valence electrons. The number of hydrogen-bond acceptors (Lipinski definition) is 3. The number of amides is 2. The van der Waals surface area contributed by atoms with E-state index in [1.54, 1.807) is 23.2 Å². The second-order valence-corrected chi connectivity index (χ2v) is 6.18. The molecule has 2 atom stereocenters. The third-order valence-corrected chi connectivity index (χ3v) is 4.04. The van der Waals surface area contributed by atoms with Gasteiger partial charge in [0.1, 0.15) is 0 Å². The van der Waals surface area contributed by atoms with Crippen molar-refractivity contribution in [3.63, 3.8) is 0 Å². The van der Waals surface area contributed by atoms with Crippen LogP contribution in [0, 0.1) is 0 Å². The molecule has 0 aliphatic carbocycles. The molecule has 1 heterocycles. The number of hydrogen-bond donors (Lipinski definition) is 2. The number of aliphatic hydroxyl groups is 1. The van der Waals surface area contributed by atoms with Gasteiger partial charge in [0.25, 0.3) is 0 Å². The van der Waals surface area contributed by atoms with Crippen LogP contribution in [0.25, 0.3) is 0 Å². The van der Waals surface area contributed by atoms with Gasteiger partial charge in [0, 0.05) is 29.9 Å². The van der Waals surface area contributed by atoms with E-state index in [4.69, 9.17) is 0 Å². The van der Waals surface area contributed by atoms with Crippen molar-refractivity contribution in [2.45, 2.75) is 45.8 Å². The first kappa shape index (κ1) is 16.0. The van der Waals surface area contributed by atoms with Crippen molar-refractivity contribution >= 4 is 17.4 Å². The van der Waals surface area contributed by atoms with E-state index in [-0.39, 0.29) is 12.1 Å². The smallest absolute Gasteiger partial charge is 0.317 e. The quantitative estimate of drug-likeness (QED) is 0.844. The molecule has 0 radical (unpaired) electrons. The molecule has 2 unspecified atom stereocenters. The molecule has 5 heteroatoms. The molecule has 0 fully saturated rings. The maximum Gasteiger partial charge on any atom is 0.317 e. The Hall–Kier alpha value is -1.07. The maximum absolute atomic E-state index is 12.1. The number of carbonyl (C=O) groups is 1. The van der Waals surface area contributed by atoms with Crippen molar-refractivity contribution in [1.29, 1.82) is 0 Å². The number of nitrogens with one attached hydrogen (secondary N) is 1. The molecule has 4 nitrogen and oxygen atoms in total. The van der Waals surface area contributed by atoms with Gasteiger partial charge in [0.2, 0.25) is 0 Å². The minimum atomic E-state index is -0.511. The normalized spacial score (nSPS) is 14.2. The molecule has 1 aromatic heterocycles. The largest absolute Gasteiger partial charge is 0.392 e. The Bertz CT molecular complexity index is 377. The summed E-state index contributed by atoms with van der Waals surface area (Å²) in [6, 6.07) is 4.06. The Morgan fingerprint density at radius 1 is 1.42 bits per heavy atom. The average Bonchev–Trinajstić information content (AvgIpc) is 2.85. The van der Waals surface area contributed by atoms with E-state index in [1.165, 1.54) is 4.88 Å². The average molecular weight is 284 g/mol. The number of thiophene rings is 1. The summed E-state index contributed by atoms with van der Waals surface area (Å²) < 4.78 is 0. The second kappa shape index (κ2) is 7.50. The van der Waals surface area contributed by atoms with E-state index in [0.717, 1.165) is 0 Å². The molecule has 0 aliphatic heterocycles. The van der Waals surface area contributed by atoms with E-state index in [9.17, 15) is 9.90 Å². The SMILES string of the molecule is CC(O)CN(C(=O)NCC(C)c1cccs1)C(C)C. The lowest BCUT2D eigenvalue weighted by Gasteiger charge is -2.28. The lowest BCUT2D eigenvalue weighted by atomic mass is 10.1. The van der Waals surface area contributed by atoms with Gasteiger partial charge in [-0.1, -0.05) is 13.0 Å². The molecule has 0 aromatic carbocycles. The summed E-state index contributed by atoms with van der Waals surface area (Å²) in [5.74, 6) is 0.310. The van der Waals surface area contributed by atoms with Gasteiger partial charge in [0.05, 0.1) is 6.10 Å². The monoisotopic (exact) mass is 284 g/mol. The summed E-state index contributed by atoms with van der Waals surface area (Å²) in [4.78, 5) is 15.0. The Kier molecular flexibility index (Phi) is 6.31. The summed E-state index contributed by atoms with van der Waals surface area (Å²) in [6.45, 7) is 8.66. The van der Waals surface area contributed by atoms with Crippen LogP contribution < -0.4 is 5.32 Å². The van der Waals surface area contributed by atoms with Gasteiger partial charge < -0.3 is 15.3 Å². The molecule has 1 aromatic rings. The van der Waals surface area contributed by atoms with Crippen LogP contribution >= 0.6 is 11.3 Å². The van der Waals surface area contributed by atoms with Crippen LogP contribution in [0.5, 0.6) is 0 Å².